The molecule has 0 saturated carbocycles. The lowest BCUT2D eigenvalue weighted by Crippen LogP contribution is -2.39. The van der Waals surface area contributed by atoms with Gasteiger partial charge in [-0.25, -0.2) is 0 Å². The molecule has 0 aromatic rings. The van der Waals surface area contributed by atoms with E-state index in [2.05, 4.69) is 6.58 Å². The first kappa shape index (κ1) is 12.5. The Hall–Kier alpha value is -0.540. The van der Waals surface area contributed by atoms with Crippen LogP contribution in [0.3, 0.4) is 0 Å². The Labute approximate surface area is 85.4 Å². The molecular formula is C9H17ClN2O. The summed E-state index contributed by atoms with van der Waals surface area (Å²) in [5.41, 5.74) is 5.53. The van der Waals surface area contributed by atoms with Crippen molar-refractivity contribution in [2.45, 2.75) is 12.8 Å². The first-order valence-electron chi connectivity index (χ1n) is 4.39. The molecule has 1 fully saturated rings. The number of carbonyl (C=O) groups excluding carboxylic acids is 1. The lowest BCUT2D eigenvalue weighted by atomic mass is 9.97. The van der Waals surface area contributed by atoms with Crippen LogP contribution in [-0.4, -0.2) is 30.4 Å². The average molecular weight is 205 g/mol. The van der Waals surface area contributed by atoms with Gasteiger partial charge in [0.1, 0.15) is 0 Å². The maximum Gasteiger partial charge on any atom is 0.245 e. The van der Waals surface area contributed by atoms with Crippen molar-refractivity contribution in [3.63, 3.8) is 0 Å². The monoisotopic (exact) mass is 204 g/mol. The zero-order valence-corrected chi connectivity index (χ0v) is 8.55. The molecular weight excluding hydrogens is 188 g/mol. The van der Waals surface area contributed by atoms with E-state index in [9.17, 15) is 4.79 Å². The fraction of sp³-hybridized carbons (Fsp3) is 0.667. The van der Waals surface area contributed by atoms with Crippen LogP contribution in [0.1, 0.15) is 12.8 Å². The number of amides is 1. The Bertz CT molecular complexity index is 176. The third-order valence-corrected chi connectivity index (χ3v) is 2.43. The molecule has 1 aliphatic rings. The first-order chi connectivity index (χ1) is 5.77. The van der Waals surface area contributed by atoms with E-state index < -0.39 is 0 Å². The van der Waals surface area contributed by atoms with Gasteiger partial charge >= 0.3 is 0 Å². The smallest absolute Gasteiger partial charge is 0.245 e. The van der Waals surface area contributed by atoms with Gasteiger partial charge in [-0.2, -0.15) is 0 Å². The predicted molar refractivity (Wildman–Crippen MR) is 55.8 cm³/mol. The van der Waals surface area contributed by atoms with Gasteiger partial charge in [0.15, 0.2) is 0 Å². The van der Waals surface area contributed by atoms with Crippen LogP contribution in [-0.2, 0) is 4.79 Å². The van der Waals surface area contributed by atoms with Gasteiger partial charge in [-0.05, 0) is 31.4 Å². The van der Waals surface area contributed by atoms with Crippen LogP contribution >= 0.6 is 12.4 Å². The Morgan fingerprint density at radius 1 is 1.54 bits per heavy atom. The number of carbonyl (C=O) groups is 1. The molecule has 1 saturated heterocycles. The Morgan fingerprint density at radius 3 is 2.46 bits per heavy atom. The first-order valence-corrected chi connectivity index (χ1v) is 4.39. The molecule has 1 heterocycles. The molecule has 1 aliphatic heterocycles. The quantitative estimate of drug-likeness (QED) is 0.677. The highest BCUT2D eigenvalue weighted by molar-refractivity contribution is 5.87. The topological polar surface area (TPSA) is 46.3 Å². The summed E-state index contributed by atoms with van der Waals surface area (Å²) in [5.74, 6) is 0.657. The van der Waals surface area contributed by atoms with Gasteiger partial charge in [0, 0.05) is 13.1 Å². The molecule has 76 valence electrons. The van der Waals surface area contributed by atoms with Crippen LogP contribution in [0.5, 0.6) is 0 Å². The number of nitrogens with two attached hydrogens (primary N) is 1. The molecule has 0 aromatic heterocycles. The molecule has 0 aromatic carbocycles. The molecule has 1 amide bonds. The highest BCUT2D eigenvalue weighted by Crippen LogP contribution is 2.15. The van der Waals surface area contributed by atoms with Gasteiger partial charge in [-0.3, -0.25) is 4.79 Å². The highest BCUT2D eigenvalue weighted by Gasteiger charge is 2.19. The third-order valence-electron chi connectivity index (χ3n) is 2.43. The summed E-state index contributed by atoms with van der Waals surface area (Å²) in [6, 6.07) is 0. The van der Waals surface area contributed by atoms with Gasteiger partial charge in [0.2, 0.25) is 5.91 Å². The molecule has 3 nitrogen and oxygen atoms in total. The zero-order chi connectivity index (χ0) is 8.97. The van der Waals surface area contributed by atoms with Gasteiger partial charge < -0.3 is 10.6 Å². The van der Waals surface area contributed by atoms with Crippen LogP contribution < -0.4 is 5.73 Å². The van der Waals surface area contributed by atoms with Crippen LogP contribution in [0, 0.1) is 5.92 Å². The minimum Gasteiger partial charge on any atom is -0.339 e. The standard InChI is InChI=1S/C9H16N2O.ClH/c1-2-9(12)11-5-3-8(7-10)4-6-11;/h2,8H,1,3-7,10H2;1H. The summed E-state index contributed by atoms with van der Waals surface area (Å²) in [4.78, 5) is 13.0. The second-order valence-corrected chi connectivity index (χ2v) is 3.21. The molecule has 0 spiro atoms. The molecule has 0 aliphatic carbocycles. The number of likely N-dealkylation sites (tertiary alicyclic amines) is 1. The van der Waals surface area contributed by atoms with Gasteiger partial charge in [-0.15, -0.1) is 12.4 Å². The van der Waals surface area contributed by atoms with E-state index in [1.807, 2.05) is 4.90 Å². The van der Waals surface area contributed by atoms with Gasteiger partial charge in [-0.1, -0.05) is 6.58 Å². The average Bonchev–Trinajstić information content (AvgIpc) is 2.17. The van der Waals surface area contributed by atoms with Crippen molar-refractivity contribution in [2.75, 3.05) is 19.6 Å². The lowest BCUT2D eigenvalue weighted by Gasteiger charge is -2.30. The van der Waals surface area contributed by atoms with Gasteiger partial charge in [0.25, 0.3) is 0 Å². The van der Waals surface area contributed by atoms with Crippen LogP contribution in [0.25, 0.3) is 0 Å². The minimum absolute atomic E-state index is 0. The van der Waals surface area contributed by atoms with Crippen molar-refractivity contribution < 1.29 is 4.79 Å². The number of nitrogens with zero attached hydrogens (tertiary/aromatic N) is 1. The number of halogens is 1. The molecule has 4 heteroatoms. The normalized spacial score (nSPS) is 17.8. The van der Waals surface area contributed by atoms with Crippen molar-refractivity contribution in [3.8, 4) is 0 Å². The highest BCUT2D eigenvalue weighted by atomic mass is 35.5. The molecule has 1 rings (SSSR count). The molecule has 13 heavy (non-hydrogen) atoms. The Morgan fingerprint density at radius 2 is 2.08 bits per heavy atom. The largest absolute Gasteiger partial charge is 0.339 e. The molecule has 0 bridgehead atoms. The summed E-state index contributed by atoms with van der Waals surface area (Å²) in [6.07, 6.45) is 3.45. The van der Waals surface area contributed by atoms with E-state index in [-0.39, 0.29) is 18.3 Å². The fourth-order valence-electron chi connectivity index (χ4n) is 1.52. The van der Waals surface area contributed by atoms with Crippen molar-refractivity contribution in [3.05, 3.63) is 12.7 Å². The van der Waals surface area contributed by atoms with Crippen LogP contribution in [0.2, 0.25) is 0 Å². The maximum absolute atomic E-state index is 11.1. The second-order valence-electron chi connectivity index (χ2n) is 3.21. The molecule has 0 atom stereocenters. The van der Waals surface area contributed by atoms with E-state index in [0.717, 1.165) is 32.5 Å². The summed E-state index contributed by atoms with van der Waals surface area (Å²) < 4.78 is 0. The van der Waals surface area contributed by atoms with Crippen LogP contribution in [0.4, 0.5) is 0 Å². The van der Waals surface area contributed by atoms with E-state index in [0.29, 0.717) is 5.92 Å². The van der Waals surface area contributed by atoms with E-state index in [1.165, 1.54) is 6.08 Å². The SMILES string of the molecule is C=CC(=O)N1CCC(CN)CC1.Cl. The fourth-order valence-corrected chi connectivity index (χ4v) is 1.52. The Kier molecular flexibility index (Phi) is 5.75. The summed E-state index contributed by atoms with van der Waals surface area (Å²) >= 11 is 0. The summed E-state index contributed by atoms with van der Waals surface area (Å²) in [5, 5.41) is 0. The summed E-state index contributed by atoms with van der Waals surface area (Å²) in [7, 11) is 0. The second kappa shape index (κ2) is 6.00. The van der Waals surface area contributed by atoms with E-state index in [4.69, 9.17) is 5.73 Å². The maximum atomic E-state index is 11.1. The van der Waals surface area contributed by atoms with E-state index in [1.54, 1.807) is 0 Å². The number of piperidine rings is 1. The van der Waals surface area contributed by atoms with Crippen molar-refractivity contribution >= 4 is 18.3 Å². The summed E-state index contributed by atoms with van der Waals surface area (Å²) in [6.45, 7) is 5.89. The van der Waals surface area contributed by atoms with E-state index >= 15 is 0 Å². The minimum atomic E-state index is 0. The molecule has 0 unspecified atom stereocenters. The third kappa shape index (κ3) is 3.36. The molecule has 0 radical (unpaired) electrons. The predicted octanol–water partition coefficient (Wildman–Crippen LogP) is 0.792. The van der Waals surface area contributed by atoms with Crippen LogP contribution in [0.15, 0.2) is 12.7 Å². The lowest BCUT2D eigenvalue weighted by molar-refractivity contribution is -0.127. The van der Waals surface area contributed by atoms with Crippen molar-refractivity contribution in [1.29, 1.82) is 0 Å². The van der Waals surface area contributed by atoms with Gasteiger partial charge in [0.05, 0.1) is 0 Å². The molecule has 2 N–H and O–H groups in total. The number of hydrogen-bond acceptors (Lipinski definition) is 2. The van der Waals surface area contributed by atoms with Crippen molar-refractivity contribution in [1.82, 2.24) is 4.90 Å². The number of rotatable bonds is 2. The van der Waals surface area contributed by atoms with Crippen molar-refractivity contribution in [2.24, 2.45) is 11.7 Å². The Balaban J connectivity index is 0.00000144. The zero-order valence-electron chi connectivity index (χ0n) is 7.74. The number of hydrogen-bond donors (Lipinski definition) is 1.